The maximum atomic E-state index is 12.2. The summed E-state index contributed by atoms with van der Waals surface area (Å²) in [7, 11) is 0. The molecule has 5 nitrogen and oxygen atoms in total. The molecule has 1 aliphatic heterocycles. The smallest absolute Gasteiger partial charge is 0.315 e. The summed E-state index contributed by atoms with van der Waals surface area (Å²) in [5.41, 5.74) is 1.20. The minimum absolute atomic E-state index is 0.0338. The minimum atomic E-state index is -0.163. The number of hydrogen-bond acceptors (Lipinski definition) is 2. The fourth-order valence-corrected chi connectivity index (χ4v) is 3.39. The Morgan fingerprint density at radius 1 is 1.20 bits per heavy atom. The third kappa shape index (κ3) is 4.50. The number of rotatable bonds is 4. The van der Waals surface area contributed by atoms with Gasteiger partial charge in [0.05, 0.1) is 0 Å². The topological polar surface area (TPSA) is 61.4 Å². The van der Waals surface area contributed by atoms with Crippen molar-refractivity contribution >= 4 is 22.7 Å². The summed E-state index contributed by atoms with van der Waals surface area (Å²) in [5, 5.41) is 8.40. The van der Waals surface area contributed by atoms with Gasteiger partial charge < -0.3 is 15.5 Å². The summed E-state index contributed by atoms with van der Waals surface area (Å²) in [4.78, 5) is 25.3. The third-order valence-electron chi connectivity index (χ3n) is 4.70. The maximum Gasteiger partial charge on any atom is 0.315 e. The van der Waals surface area contributed by atoms with Crippen molar-refractivity contribution in [3.8, 4) is 0 Å². The highest BCUT2D eigenvalue weighted by atomic mass is 16.2. The van der Waals surface area contributed by atoms with E-state index in [1.165, 1.54) is 16.3 Å². The fraction of sp³-hybridized carbons (Fsp3) is 0.400. The van der Waals surface area contributed by atoms with Crippen LogP contribution in [-0.2, 0) is 11.2 Å². The van der Waals surface area contributed by atoms with Gasteiger partial charge >= 0.3 is 6.03 Å². The molecule has 0 bridgehead atoms. The molecular formula is C20H25N3O2. The Morgan fingerprint density at radius 2 is 1.96 bits per heavy atom. The Labute approximate surface area is 148 Å². The molecule has 3 amide bonds. The molecule has 132 valence electrons. The van der Waals surface area contributed by atoms with Crippen LogP contribution in [0.4, 0.5) is 4.79 Å². The zero-order valence-corrected chi connectivity index (χ0v) is 14.8. The second-order valence-corrected chi connectivity index (χ2v) is 6.86. The number of amides is 3. The molecule has 5 heteroatoms. The first-order valence-corrected chi connectivity index (χ1v) is 8.81. The summed E-state index contributed by atoms with van der Waals surface area (Å²) in [6, 6.07) is 14.6. The number of benzene rings is 2. The summed E-state index contributed by atoms with van der Waals surface area (Å²) >= 11 is 0. The van der Waals surface area contributed by atoms with Crippen LogP contribution in [0.1, 0.15) is 25.8 Å². The SMILES string of the molecule is CC(=O)N1CCC(NC(=O)NC(C)Cc2ccc3ccccc3c2)C1. The molecule has 1 aliphatic rings. The number of nitrogens with one attached hydrogen (secondary N) is 2. The van der Waals surface area contributed by atoms with E-state index >= 15 is 0 Å². The Kier molecular flexibility index (Phi) is 5.22. The molecule has 0 aliphatic carbocycles. The van der Waals surface area contributed by atoms with Crippen molar-refractivity contribution in [1.82, 2.24) is 15.5 Å². The van der Waals surface area contributed by atoms with E-state index in [2.05, 4.69) is 41.0 Å². The van der Waals surface area contributed by atoms with Crippen molar-refractivity contribution in [2.75, 3.05) is 13.1 Å². The van der Waals surface area contributed by atoms with E-state index < -0.39 is 0 Å². The first-order valence-electron chi connectivity index (χ1n) is 8.81. The third-order valence-corrected chi connectivity index (χ3v) is 4.70. The average Bonchev–Trinajstić information content (AvgIpc) is 3.03. The first kappa shape index (κ1) is 17.3. The van der Waals surface area contributed by atoms with Gasteiger partial charge in [-0.1, -0.05) is 42.5 Å². The molecular weight excluding hydrogens is 314 g/mol. The lowest BCUT2D eigenvalue weighted by atomic mass is 10.0. The number of carbonyl (C=O) groups is 2. The molecule has 0 spiro atoms. The molecule has 2 atom stereocenters. The van der Waals surface area contributed by atoms with Crippen LogP contribution in [-0.4, -0.2) is 42.0 Å². The van der Waals surface area contributed by atoms with Crippen molar-refractivity contribution < 1.29 is 9.59 Å². The highest BCUT2D eigenvalue weighted by Crippen LogP contribution is 2.16. The predicted molar refractivity (Wildman–Crippen MR) is 99.4 cm³/mol. The van der Waals surface area contributed by atoms with Gasteiger partial charge in [-0.15, -0.1) is 0 Å². The molecule has 2 aromatic carbocycles. The highest BCUT2D eigenvalue weighted by molar-refractivity contribution is 5.83. The molecule has 1 saturated heterocycles. The van der Waals surface area contributed by atoms with Gasteiger partial charge in [-0.25, -0.2) is 4.79 Å². The summed E-state index contributed by atoms with van der Waals surface area (Å²) in [5.74, 6) is 0.0642. The van der Waals surface area contributed by atoms with Gasteiger partial charge in [0.2, 0.25) is 5.91 Å². The number of carbonyl (C=O) groups excluding carboxylic acids is 2. The normalized spacial score (nSPS) is 18.2. The molecule has 2 aromatic rings. The van der Waals surface area contributed by atoms with Crippen LogP contribution in [0.5, 0.6) is 0 Å². The van der Waals surface area contributed by atoms with Crippen molar-refractivity contribution in [1.29, 1.82) is 0 Å². The molecule has 1 heterocycles. The van der Waals surface area contributed by atoms with E-state index in [9.17, 15) is 9.59 Å². The van der Waals surface area contributed by atoms with Gasteiger partial charge in [0, 0.05) is 32.1 Å². The molecule has 2 unspecified atom stereocenters. The van der Waals surface area contributed by atoms with E-state index in [1.807, 2.05) is 19.1 Å². The zero-order valence-electron chi connectivity index (χ0n) is 14.8. The van der Waals surface area contributed by atoms with E-state index in [0.717, 1.165) is 12.8 Å². The van der Waals surface area contributed by atoms with E-state index in [0.29, 0.717) is 13.1 Å². The van der Waals surface area contributed by atoms with Gasteiger partial charge in [-0.2, -0.15) is 0 Å². The van der Waals surface area contributed by atoms with Gasteiger partial charge in [-0.3, -0.25) is 4.79 Å². The van der Waals surface area contributed by atoms with Crippen molar-refractivity contribution in [3.05, 3.63) is 48.0 Å². The lowest BCUT2D eigenvalue weighted by molar-refractivity contribution is -0.127. The van der Waals surface area contributed by atoms with Gasteiger partial charge in [-0.05, 0) is 36.1 Å². The Morgan fingerprint density at radius 3 is 2.68 bits per heavy atom. The first-order chi connectivity index (χ1) is 12.0. The molecule has 0 aromatic heterocycles. The van der Waals surface area contributed by atoms with Gasteiger partial charge in [0.25, 0.3) is 0 Å². The van der Waals surface area contributed by atoms with Crippen molar-refractivity contribution in [2.24, 2.45) is 0 Å². The standard InChI is InChI=1S/C20H25N3O2/c1-14(11-16-7-8-17-5-3-4-6-18(17)12-16)21-20(25)22-19-9-10-23(13-19)15(2)24/h3-8,12,14,19H,9-11,13H2,1-2H3,(H2,21,22,25). The average molecular weight is 339 g/mol. The van der Waals surface area contributed by atoms with Crippen LogP contribution in [0.25, 0.3) is 10.8 Å². The largest absolute Gasteiger partial charge is 0.341 e. The lowest BCUT2D eigenvalue weighted by Gasteiger charge is -2.18. The van der Waals surface area contributed by atoms with Crippen molar-refractivity contribution in [3.63, 3.8) is 0 Å². The minimum Gasteiger partial charge on any atom is -0.341 e. The highest BCUT2D eigenvalue weighted by Gasteiger charge is 2.25. The number of likely N-dealkylation sites (tertiary alicyclic amines) is 1. The molecule has 1 fully saturated rings. The molecule has 3 rings (SSSR count). The van der Waals surface area contributed by atoms with Crippen LogP contribution in [0, 0.1) is 0 Å². The fourth-order valence-electron chi connectivity index (χ4n) is 3.39. The van der Waals surface area contributed by atoms with E-state index in [1.54, 1.807) is 11.8 Å². The van der Waals surface area contributed by atoms with Crippen LogP contribution in [0.15, 0.2) is 42.5 Å². The molecule has 2 N–H and O–H groups in total. The number of fused-ring (bicyclic) bond motifs is 1. The Bertz CT molecular complexity index is 774. The second kappa shape index (κ2) is 7.55. The predicted octanol–water partition coefficient (Wildman–Crippen LogP) is 2.69. The summed E-state index contributed by atoms with van der Waals surface area (Å²) in [6.07, 6.45) is 1.59. The van der Waals surface area contributed by atoms with Crippen LogP contribution in [0.3, 0.4) is 0 Å². The van der Waals surface area contributed by atoms with Gasteiger partial charge in [0.1, 0.15) is 0 Å². The molecule has 25 heavy (non-hydrogen) atoms. The quantitative estimate of drug-likeness (QED) is 0.900. The maximum absolute atomic E-state index is 12.2. The Balaban J connectivity index is 1.50. The summed E-state index contributed by atoms with van der Waals surface area (Å²) < 4.78 is 0. The molecule has 0 radical (unpaired) electrons. The monoisotopic (exact) mass is 339 g/mol. The van der Waals surface area contributed by atoms with Crippen LogP contribution < -0.4 is 10.6 Å². The van der Waals surface area contributed by atoms with E-state index in [4.69, 9.17) is 0 Å². The van der Waals surface area contributed by atoms with Gasteiger partial charge in [0.15, 0.2) is 0 Å². The number of urea groups is 1. The van der Waals surface area contributed by atoms with Crippen LogP contribution >= 0.6 is 0 Å². The summed E-state index contributed by atoms with van der Waals surface area (Å²) in [6.45, 7) is 4.88. The number of nitrogens with zero attached hydrogens (tertiary/aromatic N) is 1. The Hall–Kier alpha value is -2.56. The number of hydrogen-bond donors (Lipinski definition) is 2. The second-order valence-electron chi connectivity index (χ2n) is 6.86. The van der Waals surface area contributed by atoms with E-state index in [-0.39, 0.29) is 24.0 Å². The van der Waals surface area contributed by atoms with Crippen LogP contribution in [0.2, 0.25) is 0 Å². The molecule has 0 saturated carbocycles. The zero-order chi connectivity index (χ0) is 17.8. The van der Waals surface area contributed by atoms with Crippen molar-refractivity contribution in [2.45, 2.75) is 38.8 Å². The lowest BCUT2D eigenvalue weighted by Crippen LogP contribution is -2.47.